The second kappa shape index (κ2) is 5.84. The maximum absolute atomic E-state index is 10.9. The molecule has 0 radical (unpaired) electrons. The number of carboxylic acid groups (broad SMARTS) is 1. The zero-order chi connectivity index (χ0) is 13.0. The molecule has 0 aliphatic carbocycles. The number of pyridine rings is 1. The van der Waals surface area contributed by atoms with E-state index in [1.54, 1.807) is 0 Å². The molecule has 17 heavy (non-hydrogen) atoms. The highest BCUT2D eigenvalue weighted by Gasteiger charge is 2.12. The lowest BCUT2D eigenvalue weighted by atomic mass is 10.2. The molecule has 1 rings (SSSR count). The van der Waals surface area contributed by atoms with Gasteiger partial charge in [-0.3, -0.25) is 0 Å². The molecule has 0 aliphatic heterocycles. The van der Waals surface area contributed by atoms with Gasteiger partial charge in [0.05, 0.1) is 10.6 Å². The predicted octanol–water partition coefficient (Wildman–Crippen LogP) is 1.43. The van der Waals surface area contributed by atoms with Crippen LogP contribution in [-0.2, 0) is 0 Å². The smallest absolute Gasteiger partial charge is 0.337 e. The van der Waals surface area contributed by atoms with Gasteiger partial charge < -0.3 is 14.9 Å². The second-order valence-electron chi connectivity index (χ2n) is 4.05. The first-order chi connectivity index (χ1) is 7.91. The summed E-state index contributed by atoms with van der Waals surface area (Å²) in [6.45, 7) is 1.63. The van der Waals surface area contributed by atoms with Crippen molar-refractivity contribution in [3.63, 3.8) is 0 Å². The number of anilines is 1. The Morgan fingerprint density at radius 1 is 1.41 bits per heavy atom. The van der Waals surface area contributed by atoms with Gasteiger partial charge in [0.25, 0.3) is 0 Å². The van der Waals surface area contributed by atoms with E-state index in [9.17, 15) is 4.79 Å². The van der Waals surface area contributed by atoms with Gasteiger partial charge in [0.1, 0.15) is 5.82 Å². The quantitative estimate of drug-likeness (QED) is 0.865. The van der Waals surface area contributed by atoms with Crippen LogP contribution in [-0.4, -0.2) is 55.2 Å². The van der Waals surface area contributed by atoms with E-state index in [1.165, 1.54) is 12.3 Å². The Labute approximate surface area is 106 Å². The Morgan fingerprint density at radius 3 is 2.59 bits per heavy atom. The number of likely N-dealkylation sites (N-methyl/N-ethyl adjacent to an activating group) is 2. The Hall–Kier alpha value is -1.33. The van der Waals surface area contributed by atoms with Gasteiger partial charge in [0.15, 0.2) is 0 Å². The van der Waals surface area contributed by atoms with Crippen molar-refractivity contribution < 1.29 is 9.90 Å². The summed E-state index contributed by atoms with van der Waals surface area (Å²) in [6.07, 6.45) is 1.37. The molecular formula is C11H16ClN3O2. The van der Waals surface area contributed by atoms with E-state index in [0.29, 0.717) is 5.82 Å². The number of hydrogen-bond acceptors (Lipinski definition) is 4. The summed E-state index contributed by atoms with van der Waals surface area (Å²) in [7, 11) is 5.82. The van der Waals surface area contributed by atoms with Crippen molar-refractivity contribution in [3.8, 4) is 0 Å². The lowest BCUT2D eigenvalue weighted by molar-refractivity contribution is 0.0697. The second-order valence-corrected chi connectivity index (χ2v) is 4.46. The van der Waals surface area contributed by atoms with E-state index in [0.717, 1.165) is 13.1 Å². The van der Waals surface area contributed by atoms with Crippen molar-refractivity contribution in [2.45, 2.75) is 0 Å². The van der Waals surface area contributed by atoms with E-state index in [1.807, 2.05) is 30.9 Å². The number of carboxylic acids is 1. The fraction of sp³-hybridized carbons (Fsp3) is 0.455. The minimum Gasteiger partial charge on any atom is -0.478 e. The highest BCUT2D eigenvalue weighted by atomic mass is 35.5. The molecule has 0 aliphatic rings. The molecule has 1 N–H and O–H groups in total. The van der Waals surface area contributed by atoms with Gasteiger partial charge in [-0.15, -0.1) is 0 Å². The summed E-state index contributed by atoms with van der Waals surface area (Å²) in [5, 5.41) is 9.11. The van der Waals surface area contributed by atoms with E-state index in [-0.39, 0.29) is 10.6 Å². The normalized spacial score (nSPS) is 10.6. The average molecular weight is 258 g/mol. The van der Waals surface area contributed by atoms with Crippen LogP contribution in [0, 0.1) is 0 Å². The number of aromatic carboxylic acids is 1. The molecule has 0 amide bonds. The molecule has 1 aromatic heterocycles. The lowest BCUT2D eigenvalue weighted by Crippen LogP contribution is -2.29. The Balaban J connectivity index is 2.84. The molecule has 6 heteroatoms. The molecule has 1 aromatic rings. The van der Waals surface area contributed by atoms with Crippen LogP contribution in [0.4, 0.5) is 5.82 Å². The lowest BCUT2D eigenvalue weighted by Gasteiger charge is -2.20. The maximum Gasteiger partial charge on any atom is 0.337 e. The first-order valence-corrected chi connectivity index (χ1v) is 5.54. The molecule has 0 bridgehead atoms. The molecule has 0 aromatic carbocycles. The van der Waals surface area contributed by atoms with Gasteiger partial charge in [0.2, 0.25) is 0 Å². The molecule has 5 nitrogen and oxygen atoms in total. The largest absolute Gasteiger partial charge is 0.478 e. The summed E-state index contributed by atoms with van der Waals surface area (Å²) in [5.41, 5.74) is 0.0772. The third kappa shape index (κ3) is 3.87. The third-order valence-corrected chi connectivity index (χ3v) is 2.65. The number of aromatic nitrogens is 1. The number of carbonyl (C=O) groups is 1. The van der Waals surface area contributed by atoms with E-state index in [2.05, 4.69) is 4.98 Å². The zero-order valence-corrected chi connectivity index (χ0v) is 10.9. The van der Waals surface area contributed by atoms with Crippen molar-refractivity contribution in [1.82, 2.24) is 9.88 Å². The van der Waals surface area contributed by atoms with Crippen LogP contribution in [0.5, 0.6) is 0 Å². The molecule has 0 saturated heterocycles. The van der Waals surface area contributed by atoms with Gasteiger partial charge >= 0.3 is 5.97 Å². The van der Waals surface area contributed by atoms with Crippen molar-refractivity contribution in [3.05, 3.63) is 22.8 Å². The van der Waals surface area contributed by atoms with Crippen LogP contribution in [0.3, 0.4) is 0 Å². The standard InChI is InChI=1S/C11H16ClN3O2/c1-14(2)4-5-15(3)10-6-8(11(16)17)9(12)7-13-10/h6-7H,4-5H2,1-3H3,(H,16,17). The van der Waals surface area contributed by atoms with Crippen LogP contribution in [0.15, 0.2) is 12.3 Å². The van der Waals surface area contributed by atoms with Gasteiger partial charge in [0, 0.05) is 26.3 Å². The topological polar surface area (TPSA) is 56.7 Å². The summed E-state index contributed by atoms with van der Waals surface area (Å²) in [4.78, 5) is 19.0. The Bertz CT molecular complexity index is 410. The molecular weight excluding hydrogens is 242 g/mol. The summed E-state index contributed by atoms with van der Waals surface area (Å²) < 4.78 is 0. The Morgan fingerprint density at radius 2 is 2.06 bits per heavy atom. The highest BCUT2D eigenvalue weighted by Crippen LogP contribution is 2.19. The number of rotatable bonds is 5. The van der Waals surface area contributed by atoms with Crippen LogP contribution in [0.1, 0.15) is 10.4 Å². The third-order valence-electron chi connectivity index (χ3n) is 2.35. The van der Waals surface area contributed by atoms with Crippen molar-refractivity contribution in [2.75, 3.05) is 39.1 Å². The van der Waals surface area contributed by atoms with Crippen molar-refractivity contribution in [2.24, 2.45) is 0 Å². The summed E-state index contributed by atoms with van der Waals surface area (Å²) in [6, 6.07) is 1.49. The average Bonchev–Trinajstić information content (AvgIpc) is 2.26. The molecule has 0 spiro atoms. The minimum atomic E-state index is -1.04. The van der Waals surface area contributed by atoms with Gasteiger partial charge in [-0.1, -0.05) is 11.6 Å². The van der Waals surface area contributed by atoms with Crippen molar-refractivity contribution in [1.29, 1.82) is 0 Å². The summed E-state index contributed by atoms with van der Waals surface area (Å²) >= 11 is 5.75. The number of halogens is 1. The molecule has 0 fully saturated rings. The van der Waals surface area contributed by atoms with Crippen LogP contribution in [0.2, 0.25) is 5.02 Å². The molecule has 0 saturated carbocycles. The fourth-order valence-electron chi connectivity index (χ4n) is 1.26. The first-order valence-electron chi connectivity index (χ1n) is 5.16. The van der Waals surface area contributed by atoms with Crippen LogP contribution in [0.25, 0.3) is 0 Å². The molecule has 0 unspecified atom stereocenters. The molecule has 94 valence electrons. The highest BCUT2D eigenvalue weighted by molar-refractivity contribution is 6.33. The minimum absolute atomic E-state index is 0.0772. The van der Waals surface area contributed by atoms with E-state index in [4.69, 9.17) is 16.7 Å². The summed E-state index contributed by atoms with van der Waals surface area (Å²) in [5.74, 6) is -0.437. The van der Waals surface area contributed by atoms with Crippen LogP contribution >= 0.6 is 11.6 Å². The van der Waals surface area contributed by atoms with Gasteiger partial charge in [-0.05, 0) is 20.2 Å². The fourth-order valence-corrected chi connectivity index (χ4v) is 1.45. The molecule has 1 heterocycles. The maximum atomic E-state index is 10.9. The van der Waals surface area contributed by atoms with Crippen molar-refractivity contribution >= 4 is 23.4 Å². The zero-order valence-electron chi connectivity index (χ0n) is 10.1. The van der Waals surface area contributed by atoms with Gasteiger partial charge in [-0.25, -0.2) is 9.78 Å². The molecule has 0 atom stereocenters. The monoisotopic (exact) mass is 257 g/mol. The van der Waals surface area contributed by atoms with Crippen LogP contribution < -0.4 is 4.90 Å². The SMILES string of the molecule is CN(C)CCN(C)c1cc(C(=O)O)c(Cl)cn1. The van der Waals surface area contributed by atoms with E-state index >= 15 is 0 Å². The van der Waals surface area contributed by atoms with Gasteiger partial charge in [-0.2, -0.15) is 0 Å². The number of nitrogens with zero attached hydrogens (tertiary/aromatic N) is 3. The first kappa shape index (κ1) is 13.7. The van der Waals surface area contributed by atoms with E-state index < -0.39 is 5.97 Å². The number of hydrogen-bond donors (Lipinski definition) is 1. The Kier molecular flexibility index (Phi) is 4.72. The predicted molar refractivity (Wildman–Crippen MR) is 68.0 cm³/mol.